The Morgan fingerprint density at radius 1 is 1.12 bits per heavy atom. The minimum atomic E-state index is -1.03. The number of carbonyl (C=O) groups excluding carboxylic acids is 3. The molecule has 3 fully saturated rings. The Hall–Kier alpha value is -1.67. The largest absolute Gasteiger partial charge is 0.394 e. The molecular formula is C25H43N3O5. The maximum atomic E-state index is 14.1. The second-order valence-electron chi connectivity index (χ2n) is 10.1. The van der Waals surface area contributed by atoms with E-state index >= 15 is 0 Å². The molecule has 1 spiro atoms. The molecule has 2 bridgehead atoms. The van der Waals surface area contributed by atoms with Crippen LogP contribution in [0.3, 0.4) is 0 Å². The van der Waals surface area contributed by atoms with Crippen LogP contribution in [0.4, 0.5) is 0 Å². The summed E-state index contributed by atoms with van der Waals surface area (Å²) >= 11 is 0. The van der Waals surface area contributed by atoms with E-state index < -0.39 is 35.1 Å². The number of aliphatic hydroxyl groups excluding tert-OH is 1. The van der Waals surface area contributed by atoms with Crippen LogP contribution >= 0.6 is 0 Å². The van der Waals surface area contributed by atoms with Crippen molar-refractivity contribution in [3.8, 4) is 0 Å². The number of unbranched alkanes of at least 4 members (excludes halogenated alkanes) is 1. The lowest BCUT2D eigenvalue weighted by Gasteiger charge is -2.39. The number of amides is 3. The van der Waals surface area contributed by atoms with Gasteiger partial charge in [-0.15, -0.1) is 0 Å². The van der Waals surface area contributed by atoms with E-state index in [2.05, 4.69) is 17.6 Å². The van der Waals surface area contributed by atoms with Crippen LogP contribution < -0.4 is 10.6 Å². The number of ether oxygens (including phenoxy) is 1. The number of hydrogen-bond donors (Lipinski definition) is 3. The molecule has 8 nitrogen and oxygen atoms in total. The Bertz CT molecular complexity index is 746. The van der Waals surface area contributed by atoms with Gasteiger partial charge >= 0.3 is 0 Å². The molecular weight excluding hydrogens is 422 g/mol. The van der Waals surface area contributed by atoms with Crippen molar-refractivity contribution in [1.82, 2.24) is 15.5 Å². The van der Waals surface area contributed by atoms with Gasteiger partial charge in [0.05, 0.1) is 30.1 Å². The molecule has 3 heterocycles. The number of fused-ring (bicyclic) bond motifs is 1. The van der Waals surface area contributed by atoms with Crippen LogP contribution in [0, 0.1) is 17.8 Å². The number of likely N-dealkylation sites (tertiary alicyclic amines) is 1. The Labute approximate surface area is 198 Å². The van der Waals surface area contributed by atoms with E-state index in [0.29, 0.717) is 32.4 Å². The van der Waals surface area contributed by atoms with Crippen molar-refractivity contribution in [2.45, 2.75) is 103 Å². The SMILES string of the molecule is CCCCNC(=O)C1N([C@@H](CO)[C@@H](C)CC)C(=O)[C@@H]2[C@@H](C(=O)NCCC)[C@@]3(CC)CCC12O3. The van der Waals surface area contributed by atoms with Crippen molar-refractivity contribution in [3.63, 3.8) is 0 Å². The molecule has 3 aliphatic heterocycles. The fourth-order valence-electron chi connectivity index (χ4n) is 6.37. The Morgan fingerprint density at radius 3 is 2.39 bits per heavy atom. The summed E-state index contributed by atoms with van der Waals surface area (Å²) in [7, 11) is 0. The van der Waals surface area contributed by atoms with Gasteiger partial charge in [-0.3, -0.25) is 14.4 Å². The van der Waals surface area contributed by atoms with Crippen molar-refractivity contribution >= 4 is 17.7 Å². The predicted molar refractivity (Wildman–Crippen MR) is 125 cm³/mol. The van der Waals surface area contributed by atoms with E-state index in [-0.39, 0.29) is 30.2 Å². The molecule has 33 heavy (non-hydrogen) atoms. The van der Waals surface area contributed by atoms with Gasteiger partial charge in [-0.1, -0.05) is 47.5 Å². The molecule has 3 saturated heterocycles. The molecule has 3 rings (SSSR count). The molecule has 0 radical (unpaired) electrons. The summed E-state index contributed by atoms with van der Waals surface area (Å²) in [6, 6.07) is -1.33. The van der Waals surface area contributed by atoms with Gasteiger partial charge in [0, 0.05) is 13.1 Å². The number of hydrogen-bond acceptors (Lipinski definition) is 5. The first-order valence-corrected chi connectivity index (χ1v) is 13.0. The van der Waals surface area contributed by atoms with E-state index in [0.717, 1.165) is 25.7 Å². The highest BCUT2D eigenvalue weighted by atomic mass is 16.5. The highest BCUT2D eigenvalue weighted by molar-refractivity contribution is 5.99. The smallest absolute Gasteiger partial charge is 0.245 e. The average molecular weight is 466 g/mol. The molecule has 3 N–H and O–H groups in total. The summed E-state index contributed by atoms with van der Waals surface area (Å²) in [6.07, 6.45) is 5.19. The maximum absolute atomic E-state index is 14.1. The Kier molecular flexibility index (Phi) is 8.10. The van der Waals surface area contributed by atoms with Crippen molar-refractivity contribution in [2.75, 3.05) is 19.7 Å². The fraction of sp³-hybridized carbons (Fsp3) is 0.880. The van der Waals surface area contributed by atoms with Gasteiger partial charge < -0.3 is 25.4 Å². The summed E-state index contributed by atoms with van der Waals surface area (Å²) in [4.78, 5) is 42.6. The zero-order chi connectivity index (χ0) is 24.4. The first-order valence-electron chi connectivity index (χ1n) is 13.0. The molecule has 0 aromatic carbocycles. The molecule has 0 aromatic rings. The third-order valence-electron chi connectivity index (χ3n) is 8.37. The number of rotatable bonds is 12. The zero-order valence-electron chi connectivity index (χ0n) is 21.0. The molecule has 3 amide bonds. The van der Waals surface area contributed by atoms with Crippen LogP contribution in [0.2, 0.25) is 0 Å². The quantitative estimate of drug-likeness (QED) is 0.382. The molecule has 8 heteroatoms. The molecule has 0 aromatic heterocycles. The van der Waals surface area contributed by atoms with E-state index in [9.17, 15) is 19.5 Å². The van der Waals surface area contributed by atoms with E-state index in [1.807, 2.05) is 27.7 Å². The van der Waals surface area contributed by atoms with Gasteiger partial charge in [-0.2, -0.15) is 0 Å². The third kappa shape index (κ3) is 4.07. The van der Waals surface area contributed by atoms with Crippen LogP contribution in [0.5, 0.6) is 0 Å². The number of nitrogens with zero attached hydrogens (tertiary/aromatic N) is 1. The van der Waals surface area contributed by atoms with E-state index in [1.54, 1.807) is 4.90 Å². The molecule has 188 valence electrons. The van der Waals surface area contributed by atoms with Gasteiger partial charge in [0.15, 0.2) is 0 Å². The summed E-state index contributed by atoms with van der Waals surface area (Å²) in [5.74, 6) is -1.94. The summed E-state index contributed by atoms with van der Waals surface area (Å²) in [6.45, 7) is 10.9. The Balaban J connectivity index is 2.07. The summed E-state index contributed by atoms with van der Waals surface area (Å²) < 4.78 is 6.72. The second-order valence-corrected chi connectivity index (χ2v) is 10.1. The zero-order valence-corrected chi connectivity index (χ0v) is 21.0. The number of carbonyl (C=O) groups is 3. The number of aliphatic hydroxyl groups is 1. The third-order valence-corrected chi connectivity index (χ3v) is 8.37. The highest BCUT2D eigenvalue weighted by Gasteiger charge is 2.79. The van der Waals surface area contributed by atoms with Gasteiger partial charge in [-0.05, 0) is 38.0 Å². The van der Waals surface area contributed by atoms with Crippen LogP contribution in [0.25, 0.3) is 0 Å². The molecule has 3 aliphatic rings. The van der Waals surface area contributed by atoms with Gasteiger partial charge in [0.25, 0.3) is 0 Å². The van der Waals surface area contributed by atoms with Gasteiger partial charge in [0.1, 0.15) is 11.6 Å². The predicted octanol–water partition coefficient (Wildman–Crippen LogP) is 1.99. The molecule has 2 unspecified atom stereocenters. The van der Waals surface area contributed by atoms with Crippen LogP contribution in [0.1, 0.15) is 79.6 Å². The summed E-state index contributed by atoms with van der Waals surface area (Å²) in [5.41, 5.74) is -1.75. The van der Waals surface area contributed by atoms with Crippen molar-refractivity contribution < 1.29 is 24.2 Å². The van der Waals surface area contributed by atoms with Crippen LogP contribution in [-0.4, -0.2) is 70.7 Å². The fourth-order valence-corrected chi connectivity index (χ4v) is 6.37. The van der Waals surface area contributed by atoms with Crippen molar-refractivity contribution in [1.29, 1.82) is 0 Å². The molecule has 0 saturated carbocycles. The molecule has 7 atom stereocenters. The van der Waals surface area contributed by atoms with Gasteiger partial charge in [-0.25, -0.2) is 0 Å². The average Bonchev–Trinajstić information content (AvgIpc) is 3.42. The minimum absolute atomic E-state index is 0.00446. The maximum Gasteiger partial charge on any atom is 0.245 e. The Morgan fingerprint density at radius 2 is 1.82 bits per heavy atom. The minimum Gasteiger partial charge on any atom is -0.394 e. The first-order chi connectivity index (χ1) is 15.8. The lowest BCUT2D eigenvalue weighted by Crippen LogP contribution is -2.59. The van der Waals surface area contributed by atoms with E-state index in [1.165, 1.54) is 0 Å². The van der Waals surface area contributed by atoms with Crippen molar-refractivity contribution in [3.05, 3.63) is 0 Å². The first kappa shape index (κ1) is 25.9. The lowest BCUT2D eigenvalue weighted by molar-refractivity contribution is -0.152. The molecule has 0 aliphatic carbocycles. The van der Waals surface area contributed by atoms with Crippen LogP contribution in [-0.2, 0) is 19.1 Å². The van der Waals surface area contributed by atoms with E-state index in [4.69, 9.17) is 4.74 Å². The normalized spacial score (nSPS) is 34.3. The van der Waals surface area contributed by atoms with Crippen molar-refractivity contribution in [2.24, 2.45) is 17.8 Å². The monoisotopic (exact) mass is 465 g/mol. The standard InChI is InChI=1S/C25H43N3O5/c1-6-10-14-27-22(31)20-25-12-11-24(9-4,33-25)18(21(30)26-13-7-2)19(25)23(32)28(20)17(15-29)16(5)8-3/h16-20,29H,6-15H2,1-5H3,(H,26,30)(H,27,31)/t16-,17-,18-,19-,20?,24+,25?/m0/s1. The second kappa shape index (κ2) is 10.3. The summed E-state index contributed by atoms with van der Waals surface area (Å²) in [5, 5.41) is 16.3. The topological polar surface area (TPSA) is 108 Å². The number of nitrogens with one attached hydrogen (secondary N) is 2. The highest BCUT2D eigenvalue weighted by Crippen LogP contribution is 2.64. The van der Waals surface area contributed by atoms with Crippen LogP contribution in [0.15, 0.2) is 0 Å². The lowest BCUT2D eigenvalue weighted by atomic mass is 9.65. The van der Waals surface area contributed by atoms with Gasteiger partial charge in [0.2, 0.25) is 17.7 Å².